The van der Waals surface area contributed by atoms with E-state index in [1.807, 2.05) is 18.2 Å². The minimum Gasteiger partial charge on any atom is -0.368 e. The highest BCUT2D eigenvalue weighted by atomic mass is 35.5. The molecule has 2 atom stereocenters. The lowest BCUT2D eigenvalue weighted by atomic mass is 9.98. The molecule has 3 rings (SSSR count). The molecule has 5 nitrogen and oxygen atoms in total. The summed E-state index contributed by atoms with van der Waals surface area (Å²) in [6, 6.07) is 5.29. The number of carbonyl (C=O) groups is 2. The van der Waals surface area contributed by atoms with Gasteiger partial charge < -0.3 is 15.4 Å². The van der Waals surface area contributed by atoms with E-state index in [-0.39, 0.29) is 23.8 Å². The van der Waals surface area contributed by atoms with E-state index in [9.17, 15) is 9.59 Å². The molecule has 0 radical (unpaired) electrons. The standard InChI is InChI=1S/C19H25ClN2O3/c20-15-7-5-14(12-21)13(11-15)6-8-17(23)16-3-1-9-22(16)19(24)18-4-2-10-25-18/h5,7,11,16,18H,1-4,6,8-10,12,21H2/t16-,18+/m0/s1. The van der Waals surface area contributed by atoms with Gasteiger partial charge in [-0.2, -0.15) is 0 Å². The smallest absolute Gasteiger partial charge is 0.252 e. The predicted molar refractivity (Wildman–Crippen MR) is 96.4 cm³/mol. The molecule has 2 N–H and O–H groups in total. The number of rotatable bonds is 6. The lowest BCUT2D eigenvalue weighted by molar-refractivity contribution is -0.145. The summed E-state index contributed by atoms with van der Waals surface area (Å²) in [4.78, 5) is 27.1. The fourth-order valence-corrected chi connectivity index (χ4v) is 3.97. The summed E-state index contributed by atoms with van der Waals surface area (Å²) in [5, 5.41) is 0.649. The van der Waals surface area contributed by atoms with Crippen molar-refractivity contribution in [2.24, 2.45) is 5.73 Å². The lowest BCUT2D eigenvalue weighted by Gasteiger charge is -2.26. The molecule has 0 spiro atoms. The second kappa shape index (κ2) is 8.30. The van der Waals surface area contributed by atoms with E-state index in [2.05, 4.69) is 0 Å². The first-order valence-corrected chi connectivity index (χ1v) is 9.40. The van der Waals surface area contributed by atoms with Crippen LogP contribution in [0.1, 0.15) is 43.2 Å². The van der Waals surface area contributed by atoms with Gasteiger partial charge in [0.15, 0.2) is 5.78 Å². The molecule has 6 heteroatoms. The number of nitrogens with two attached hydrogens (primary N) is 1. The van der Waals surface area contributed by atoms with Gasteiger partial charge in [-0.05, 0) is 55.4 Å². The second-order valence-corrected chi connectivity index (χ2v) is 7.21. The van der Waals surface area contributed by atoms with Crippen molar-refractivity contribution < 1.29 is 14.3 Å². The van der Waals surface area contributed by atoms with Crippen LogP contribution in [-0.4, -0.2) is 41.9 Å². The first-order chi connectivity index (χ1) is 12.1. The van der Waals surface area contributed by atoms with Crippen molar-refractivity contribution in [1.29, 1.82) is 0 Å². The highest BCUT2D eigenvalue weighted by Gasteiger charge is 2.37. The van der Waals surface area contributed by atoms with Crippen molar-refractivity contribution in [3.8, 4) is 0 Å². The molecule has 0 aliphatic carbocycles. The van der Waals surface area contributed by atoms with Crippen molar-refractivity contribution >= 4 is 23.3 Å². The Kier molecular flexibility index (Phi) is 6.10. The number of nitrogens with zero attached hydrogens (tertiary/aromatic N) is 1. The number of hydrogen-bond acceptors (Lipinski definition) is 4. The number of ether oxygens (including phenoxy) is 1. The van der Waals surface area contributed by atoms with Gasteiger partial charge in [-0.3, -0.25) is 9.59 Å². The number of likely N-dealkylation sites (tertiary alicyclic amines) is 1. The second-order valence-electron chi connectivity index (χ2n) is 6.77. The van der Waals surface area contributed by atoms with E-state index in [1.54, 1.807) is 4.90 Å². The van der Waals surface area contributed by atoms with Crippen LogP contribution in [0.15, 0.2) is 18.2 Å². The lowest BCUT2D eigenvalue weighted by Crippen LogP contribution is -2.45. The Hall–Kier alpha value is -1.43. The molecule has 0 aromatic heterocycles. The average molecular weight is 365 g/mol. The molecule has 136 valence electrons. The Labute approximate surface area is 153 Å². The van der Waals surface area contributed by atoms with E-state index >= 15 is 0 Å². The summed E-state index contributed by atoms with van der Waals surface area (Å²) in [6.07, 6.45) is 3.94. The van der Waals surface area contributed by atoms with E-state index in [0.29, 0.717) is 37.6 Å². The maximum atomic E-state index is 12.7. The van der Waals surface area contributed by atoms with E-state index < -0.39 is 0 Å². The third-order valence-electron chi connectivity index (χ3n) is 5.14. The molecule has 1 aromatic carbocycles. The molecule has 1 amide bonds. The summed E-state index contributed by atoms with van der Waals surface area (Å²) < 4.78 is 5.50. The largest absolute Gasteiger partial charge is 0.368 e. The third kappa shape index (κ3) is 4.22. The highest BCUT2D eigenvalue weighted by molar-refractivity contribution is 6.30. The van der Waals surface area contributed by atoms with Gasteiger partial charge in [0.2, 0.25) is 0 Å². The van der Waals surface area contributed by atoms with Crippen LogP contribution in [0.25, 0.3) is 0 Å². The van der Waals surface area contributed by atoms with E-state index in [0.717, 1.165) is 36.8 Å². The number of halogens is 1. The number of benzene rings is 1. The first-order valence-electron chi connectivity index (χ1n) is 9.02. The number of carbonyl (C=O) groups excluding carboxylic acids is 2. The van der Waals surface area contributed by atoms with Crippen LogP contribution >= 0.6 is 11.6 Å². The van der Waals surface area contributed by atoms with E-state index in [1.165, 1.54) is 0 Å². The van der Waals surface area contributed by atoms with Crippen LogP contribution in [0, 0.1) is 0 Å². The molecule has 0 unspecified atom stereocenters. The molecule has 2 heterocycles. The third-order valence-corrected chi connectivity index (χ3v) is 5.38. The minimum absolute atomic E-state index is 0.0150. The summed E-state index contributed by atoms with van der Waals surface area (Å²) in [5.74, 6) is 0.102. The number of hydrogen-bond donors (Lipinski definition) is 1. The van der Waals surface area contributed by atoms with Crippen molar-refractivity contribution in [2.75, 3.05) is 13.2 Å². The van der Waals surface area contributed by atoms with Crippen LogP contribution in [0.2, 0.25) is 5.02 Å². The number of Topliss-reactive ketones (excluding diaryl/α,β-unsaturated/α-hetero) is 1. The van der Waals surface area contributed by atoms with Crippen molar-refractivity contribution in [3.05, 3.63) is 34.3 Å². The minimum atomic E-state index is -0.356. The van der Waals surface area contributed by atoms with Gasteiger partial charge in [-0.25, -0.2) is 0 Å². The van der Waals surface area contributed by atoms with Gasteiger partial charge in [-0.15, -0.1) is 0 Å². The molecule has 0 bridgehead atoms. The molecule has 0 saturated carbocycles. The first kappa shape index (κ1) is 18.4. The predicted octanol–water partition coefficient (Wildman–Crippen LogP) is 2.47. The zero-order chi connectivity index (χ0) is 17.8. The number of ketones is 1. The molecule has 2 fully saturated rings. The molecule has 2 aliphatic heterocycles. The van der Waals surface area contributed by atoms with Gasteiger partial charge in [0, 0.05) is 31.1 Å². The Bertz CT molecular complexity index is 644. The summed E-state index contributed by atoms with van der Waals surface area (Å²) in [7, 11) is 0. The molecule has 2 saturated heterocycles. The highest BCUT2D eigenvalue weighted by Crippen LogP contribution is 2.25. The monoisotopic (exact) mass is 364 g/mol. The maximum absolute atomic E-state index is 12.7. The Morgan fingerprint density at radius 3 is 2.80 bits per heavy atom. The maximum Gasteiger partial charge on any atom is 0.252 e. The molecule has 25 heavy (non-hydrogen) atoms. The van der Waals surface area contributed by atoms with Gasteiger partial charge in [-0.1, -0.05) is 17.7 Å². The average Bonchev–Trinajstić information content (AvgIpc) is 3.30. The van der Waals surface area contributed by atoms with Crippen LogP contribution in [0.3, 0.4) is 0 Å². The normalized spacial score (nSPS) is 23.2. The molecule has 2 aliphatic rings. The van der Waals surface area contributed by atoms with Crippen molar-refractivity contribution in [3.63, 3.8) is 0 Å². The number of amides is 1. The fourth-order valence-electron chi connectivity index (χ4n) is 3.77. The van der Waals surface area contributed by atoms with Crippen LogP contribution < -0.4 is 5.73 Å². The Morgan fingerprint density at radius 2 is 2.08 bits per heavy atom. The van der Waals surface area contributed by atoms with Gasteiger partial charge in [0.1, 0.15) is 6.10 Å². The zero-order valence-corrected chi connectivity index (χ0v) is 15.1. The van der Waals surface area contributed by atoms with Crippen LogP contribution in [0.4, 0.5) is 0 Å². The van der Waals surface area contributed by atoms with Crippen molar-refractivity contribution in [2.45, 2.75) is 57.2 Å². The van der Waals surface area contributed by atoms with Gasteiger partial charge in [0.05, 0.1) is 6.04 Å². The zero-order valence-electron chi connectivity index (χ0n) is 14.4. The fraction of sp³-hybridized carbons (Fsp3) is 0.579. The van der Waals surface area contributed by atoms with E-state index in [4.69, 9.17) is 22.1 Å². The number of aryl methyl sites for hydroxylation is 1. The summed E-state index contributed by atoms with van der Waals surface area (Å²) >= 11 is 6.06. The topological polar surface area (TPSA) is 72.6 Å². The van der Waals surface area contributed by atoms with Crippen LogP contribution in [-0.2, 0) is 27.3 Å². The molecular formula is C19H25ClN2O3. The Morgan fingerprint density at radius 1 is 1.24 bits per heavy atom. The summed E-state index contributed by atoms with van der Waals surface area (Å²) in [5.41, 5.74) is 7.79. The molecular weight excluding hydrogens is 340 g/mol. The quantitative estimate of drug-likeness (QED) is 0.841. The van der Waals surface area contributed by atoms with Crippen LogP contribution in [0.5, 0.6) is 0 Å². The molecule has 1 aromatic rings. The van der Waals surface area contributed by atoms with Gasteiger partial charge >= 0.3 is 0 Å². The summed E-state index contributed by atoms with van der Waals surface area (Å²) in [6.45, 7) is 1.72. The van der Waals surface area contributed by atoms with Gasteiger partial charge in [0.25, 0.3) is 5.91 Å². The van der Waals surface area contributed by atoms with Crippen molar-refractivity contribution in [1.82, 2.24) is 4.90 Å². The SMILES string of the molecule is NCc1ccc(Cl)cc1CCC(=O)[C@@H]1CCCN1C(=O)[C@H]1CCCO1. The Balaban J connectivity index is 1.62.